The minimum atomic E-state index is -2.03. The maximum absolute atomic E-state index is 13.8. The fraction of sp³-hybridized carbons (Fsp3) is 0.324. The van der Waals surface area contributed by atoms with E-state index in [1.807, 2.05) is 39.0 Å². The van der Waals surface area contributed by atoms with E-state index in [4.69, 9.17) is 9.47 Å². The maximum atomic E-state index is 13.8. The van der Waals surface area contributed by atoms with Crippen LogP contribution in [0.3, 0.4) is 0 Å². The number of hydrogen-bond acceptors (Lipinski definition) is 7. The molecule has 2 heterocycles. The zero-order valence-corrected chi connectivity index (χ0v) is 25.6. The molecule has 1 N–H and O–H groups in total. The van der Waals surface area contributed by atoms with Gasteiger partial charge in [0, 0.05) is 23.9 Å². The third-order valence-electron chi connectivity index (χ3n) is 7.86. The van der Waals surface area contributed by atoms with E-state index < -0.39 is 23.1 Å². The molecule has 7 nitrogen and oxygen atoms in total. The zero-order valence-electron chi connectivity index (χ0n) is 25.6. The molecule has 0 radical (unpaired) electrons. The summed E-state index contributed by atoms with van der Waals surface area (Å²) >= 11 is 0. The Morgan fingerprint density at radius 3 is 2.20 bits per heavy atom. The quantitative estimate of drug-likeness (QED) is 0.225. The summed E-state index contributed by atoms with van der Waals surface area (Å²) in [5, 5.41) is 12.1. The lowest BCUT2D eigenvalue weighted by Gasteiger charge is -2.33. The summed E-state index contributed by atoms with van der Waals surface area (Å²) in [5.41, 5.74) is 0.910. The second-order valence-corrected chi connectivity index (χ2v) is 12.4. The summed E-state index contributed by atoms with van der Waals surface area (Å²) in [7, 11) is 0. The molecule has 0 aliphatic carbocycles. The Bertz CT molecular complexity index is 1560. The number of nitrogens with zero attached hydrogens (tertiary/aromatic N) is 2. The minimum Gasteiger partial charge on any atom is -0.463 e. The van der Waals surface area contributed by atoms with Gasteiger partial charge in [0.15, 0.2) is 0 Å². The third-order valence-corrected chi connectivity index (χ3v) is 7.86. The normalized spacial score (nSPS) is 15.7. The van der Waals surface area contributed by atoms with Gasteiger partial charge in [0.25, 0.3) is 0 Å². The van der Waals surface area contributed by atoms with Crippen LogP contribution in [-0.2, 0) is 26.4 Å². The number of hydrogen-bond donors (Lipinski definition) is 1. The van der Waals surface area contributed by atoms with Crippen molar-refractivity contribution in [3.05, 3.63) is 126 Å². The number of benzene rings is 3. The van der Waals surface area contributed by atoms with Crippen molar-refractivity contribution in [2.75, 3.05) is 19.7 Å². The molecule has 44 heavy (non-hydrogen) atoms. The van der Waals surface area contributed by atoms with Crippen molar-refractivity contribution in [2.24, 2.45) is 5.92 Å². The van der Waals surface area contributed by atoms with Gasteiger partial charge in [-0.15, -0.1) is 0 Å². The van der Waals surface area contributed by atoms with E-state index in [-0.39, 0.29) is 12.5 Å². The van der Waals surface area contributed by atoms with Gasteiger partial charge in [-0.05, 0) is 81.9 Å². The molecule has 0 saturated carbocycles. The second kappa shape index (κ2) is 13.5. The number of carbonyl (C=O) groups is 2. The standard InChI is InChI=1S/C37H40N2O5/c1-36(2,3)44-34(40)30-17-20-38-33(24-30)29-13-10-16-32(23-29)37(42,31-14-8-5-9-15-31)35(41)43-26-28-18-21-39(22-19-28)25-27-11-6-4-7-12-27/h4-17,20,23-24,28,42H,18-19,21-22,25-26H2,1-3H3. The molecular formula is C37H40N2O5. The lowest BCUT2D eigenvalue weighted by Crippen LogP contribution is -2.40. The van der Waals surface area contributed by atoms with Crippen LogP contribution in [0.2, 0.25) is 0 Å². The molecule has 0 bridgehead atoms. The average molecular weight is 593 g/mol. The second-order valence-electron chi connectivity index (χ2n) is 12.4. The summed E-state index contributed by atoms with van der Waals surface area (Å²) in [6.45, 7) is 8.45. The first-order valence-corrected chi connectivity index (χ1v) is 15.1. The van der Waals surface area contributed by atoms with Crippen molar-refractivity contribution >= 4 is 11.9 Å². The summed E-state index contributed by atoms with van der Waals surface area (Å²) in [4.78, 5) is 33.3. The van der Waals surface area contributed by atoms with E-state index in [9.17, 15) is 14.7 Å². The zero-order chi connectivity index (χ0) is 31.2. The highest BCUT2D eigenvalue weighted by molar-refractivity contribution is 5.91. The van der Waals surface area contributed by atoms with Crippen molar-refractivity contribution < 1.29 is 24.2 Å². The number of piperidine rings is 1. The molecule has 1 aliphatic heterocycles. The van der Waals surface area contributed by atoms with Gasteiger partial charge in [-0.3, -0.25) is 9.88 Å². The minimum absolute atomic E-state index is 0.220. The smallest absolute Gasteiger partial charge is 0.347 e. The van der Waals surface area contributed by atoms with Crippen LogP contribution in [0, 0.1) is 5.92 Å². The third kappa shape index (κ3) is 7.59. The first-order valence-electron chi connectivity index (χ1n) is 15.1. The Morgan fingerprint density at radius 1 is 0.864 bits per heavy atom. The van der Waals surface area contributed by atoms with Crippen LogP contribution in [0.1, 0.15) is 60.7 Å². The van der Waals surface area contributed by atoms with E-state index in [2.05, 4.69) is 34.1 Å². The van der Waals surface area contributed by atoms with Crippen molar-refractivity contribution in [3.8, 4) is 11.3 Å². The molecule has 4 aromatic rings. The fourth-order valence-corrected chi connectivity index (χ4v) is 5.49. The van der Waals surface area contributed by atoms with Crippen LogP contribution in [0.15, 0.2) is 103 Å². The molecule has 228 valence electrons. The van der Waals surface area contributed by atoms with Crippen molar-refractivity contribution in [1.29, 1.82) is 0 Å². The summed E-state index contributed by atoms with van der Waals surface area (Å²) in [5.74, 6) is -0.951. The van der Waals surface area contributed by atoms with Gasteiger partial charge in [-0.25, -0.2) is 9.59 Å². The monoisotopic (exact) mass is 592 g/mol. The summed E-state index contributed by atoms with van der Waals surface area (Å²) in [6, 6.07) is 29.5. The van der Waals surface area contributed by atoms with Gasteiger partial charge in [-0.1, -0.05) is 78.9 Å². The van der Waals surface area contributed by atoms with E-state index >= 15 is 0 Å². The molecule has 1 unspecified atom stereocenters. The van der Waals surface area contributed by atoms with Crippen LogP contribution >= 0.6 is 0 Å². The fourth-order valence-electron chi connectivity index (χ4n) is 5.49. The molecule has 1 saturated heterocycles. The van der Waals surface area contributed by atoms with E-state index in [0.717, 1.165) is 32.5 Å². The molecule has 1 atom stereocenters. The van der Waals surface area contributed by atoms with Crippen molar-refractivity contribution in [3.63, 3.8) is 0 Å². The Kier molecular flexibility index (Phi) is 9.57. The molecule has 0 amide bonds. The average Bonchev–Trinajstić information content (AvgIpc) is 3.04. The van der Waals surface area contributed by atoms with Crippen molar-refractivity contribution in [2.45, 2.75) is 51.4 Å². The summed E-state index contributed by atoms with van der Waals surface area (Å²) < 4.78 is 11.4. The van der Waals surface area contributed by atoms with Gasteiger partial charge in [0.1, 0.15) is 5.60 Å². The molecule has 1 fully saturated rings. The van der Waals surface area contributed by atoms with Crippen LogP contribution in [0.4, 0.5) is 0 Å². The van der Waals surface area contributed by atoms with Crippen LogP contribution in [0.25, 0.3) is 11.3 Å². The summed E-state index contributed by atoms with van der Waals surface area (Å²) in [6.07, 6.45) is 3.38. The predicted molar refractivity (Wildman–Crippen MR) is 170 cm³/mol. The topological polar surface area (TPSA) is 89.0 Å². The van der Waals surface area contributed by atoms with Crippen LogP contribution in [0.5, 0.6) is 0 Å². The Morgan fingerprint density at radius 2 is 1.52 bits per heavy atom. The Hall–Kier alpha value is -4.33. The highest BCUT2D eigenvalue weighted by Gasteiger charge is 2.42. The number of rotatable bonds is 9. The van der Waals surface area contributed by atoms with Gasteiger partial charge >= 0.3 is 11.9 Å². The van der Waals surface area contributed by atoms with Gasteiger partial charge in [0.05, 0.1) is 17.9 Å². The Labute approximate surface area is 259 Å². The molecular weight excluding hydrogens is 552 g/mol. The van der Waals surface area contributed by atoms with E-state index in [1.165, 1.54) is 5.56 Å². The van der Waals surface area contributed by atoms with Crippen molar-refractivity contribution in [1.82, 2.24) is 9.88 Å². The first kappa shape index (κ1) is 31.1. The number of carbonyl (C=O) groups excluding carboxylic acids is 2. The SMILES string of the molecule is CC(C)(C)OC(=O)c1ccnc(-c2cccc(C(O)(C(=O)OCC3CCN(Cc4ccccc4)CC3)c3ccccc3)c2)c1. The molecule has 1 aliphatic rings. The van der Waals surface area contributed by atoms with E-state index in [1.54, 1.807) is 60.8 Å². The number of esters is 2. The molecule has 0 spiro atoms. The number of ether oxygens (including phenoxy) is 2. The first-order chi connectivity index (χ1) is 21.1. The molecule has 1 aromatic heterocycles. The maximum Gasteiger partial charge on any atom is 0.347 e. The largest absolute Gasteiger partial charge is 0.463 e. The number of aromatic nitrogens is 1. The number of pyridine rings is 1. The molecule has 5 rings (SSSR count). The predicted octanol–water partition coefficient (Wildman–Crippen LogP) is 6.40. The highest BCUT2D eigenvalue weighted by Crippen LogP contribution is 2.34. The molecule has 7 heteroatoms. The lowest BCUT2D eigenvalue weighted by molar-refractivity contribution is -0.164. The number of likely N-dealkylation sites (tertiary alicyclic amines) is 1. The Balaban J connectivity index is 1.32. The van der Waals surface area contributed by atoms with Gasteiger partial charge in [-0.2, -0.15) is 0 Å². The lowest BCUT2D eigenvalue weighted by atomic mass is 9.85. The highest BCUT2D eigenvalue weighted by atomic mass is 16.6. The van der Waals surface area contributed by atoms with Gasteiger partial charge in [0.2, 0.25) is 5.60 Å². The van der Waals surface area contributed by atoms with Crippen LogP contribution in [-0.4, -0.2) is 52.2 Å². The van der Waals surface area contributed by atoms with E-state index in [0.29, 0.717) is 27.9 Å². The molecule has 3 aromatic carbocycles. The number of aliphatic hydroxyl groups is 1. The van der Waals surface area contributed by atoms with Gasteiger partial charge < -0.3 is 14.6 Å². The van der Waals surface area contributed by atoms with Crippen LogP contribution < -0.4 is 0 Å².